The van der Waals surface area contributed by atoms with E-state index in [1.54, 1.807) is 44.2 Å². The number of hydrogen-bond donors (Lipinski definition) is 2. The average Bonchev–Trinajstić information content (AvgIpc) is 3.80. The summed E-state index contributed by atoms with van der Waals surface area (Å²) in [6, 6.07) is 16.0. The van der Waals surface area contributed by atoms with Crippen LogP contribution in [0.5, 0.6) is 17.2 Å². The number of ketones is 5. The van der Waals surface area contributed by atoms with Crippen LogP contribution >= 0.6 is 15.9 Å². The number of phenols is 1. The van der Waals surface area contributed by atoms with Gasteiger partial charge in [0.05, 0.1) is 13.2 Å². The van der Waals surface area contributed by atoms with Crippen molar-refractivity contribution in [3.63, 3.8) is 0 Å². The summed E-state index contributed by atoms with van der Waals surface area (Å²) < 4.78 is 11.0. The van der Waals surface area contributed by atoms with E-state index in [2.05, 4.69) is 15.9 Å². The third-order valence-electron chi connectivity index (χ3n) is 8.42. The van der Waals surface area contributed by atoms with Gasteiger partial charge in [0.25, 0.3) is 0 Å². The van der Waals surface area contributed by atoms with E-state index in [9.17, 15) is 28.8 Å². The summed E-state index contributed by atoms with van der Waals surface area (Å²) in [4.78, 5) is 65.2. The predicted molar refractivity (Wildman–Crippen MR) is 200 cm³/mol. The second kappa shape index (κ2) is 21.7. The average molecular weight is 780 g/mol. The van der Waals surface area contributed by atoms with Crippen LogP contribution in [0.3, 0.4) is 0 Å². The monoisotopic (exact) mass is 778 g/mol. The quantitative estimate of drug-likeness (QED) is 0.129. The lowest BCUT2D eigenvalue weighted by atomic mass is 10.1. The molecule has 0 radical (unpaired) electrons. The van der Waals surface area contributed by atoms with Crippen molar-refractivity contribution in [3.8, 4) is 17.2 Å². The van der Waals surface area contributed by atoms with E-state index in [0.717, 1.165) is 76.6 Å². The van der Waals surface area contributed by atoms with Crippen molar-refractivity contribution >= 4 is 50.8 Å². The first-order chi connectivity index (χ1) is 24.9. The van der Waals surface area contributed by atoms with E-state index < -0.39 is 5.97 Å². The fourth-order valence-electron chi connectivity index (χ4n) is 5.73. The molecule has 0 saturated heterocycles. The van der Waals surface area contributed by atoms with Crippen molar-refractivity contribution < 1.29 is 48.5 Å². The highest BCUT2D eigenvalue weighted by Crippen LogP contribution is 2.28. The maximum absolute atomic E-state index is 11.4. The number of carbonyl (C=O) groups is 6. The maximum Gasteiger partial charge on any atom is 0.303 e. The number of hydrogen-bond acceptors (Lipinski definition) is 9. The number of Topliss-reactive ketones (excluding diaryl/α,β-unsaturated/α-hetero) is 5. The summed E-state index contributed by atoms with van der Waals surface area (Å²) >= 11 is 3.23. The predicted octanol–water partition coefficient (Wildman–Crippen LogP) is 7.89. The zero-order valence-corrected chi connectivity index (χ0v) is 31.4. The Balaban J connectivity index is 0.000000196. The molecular weight excluding hydrogens is 732 g/mol. The molecule has 2 N–H and O–H groups in total. The number of aliphatic carboxylic acids is 1. The second-order valence-corrected chi connectivity index (χ2v) is 13.5. The molecule has 0 fully saturated rings. The molecule has 3 aliphatic carbocycles. The molecule has 0 aliphatic heterocycles. The highest BCUT2D eigenvalue weighted by atomic mass is 79.9. The van der Waals surface area contributed by atoms with Gasteiger partial charge >= 0.3 is 5.97 Å². The first-order valence-electron chi connectivity index (χ1n) is 17.6. The third kappa shape index (κ3) is 14.2. The van der Waals surface area contributed by atoms with Crippen molar-refractivity contribution in [2.75, 3.05) is 18.5 Å². The van der Waals surface area contributed by atoms with E-state index in [1.165, 1.54) is 0 Å². The Labute approximate surface area is 313 Å². The minimum Gasteiger partial charge on any atom is -0.508 e. The molecule has 3 aromatic rings. The Hall–Kier alpha value is -4.64. The molecule has 3 aliphatic rings. The van der Waals surface area contributed by atoms with Gasteiger partial charge in [-0.3, -0.25) is 19.2 Å². The molecule has 11 heteroatoms. The highest BCUT2D eigenvalue weighted by Gasteiger charge is 2.21. The van der Waals surface area contributed by atoms with Crippen molar-refractivity contribution in [1.29, 1.82) is 0 Å². The number of phenolic OH excluding ortho intramolecular Hbond substituents is 1. The van der Waals surface area contributed by atoms with Gasteiger partial charge in [-0.2, -0.15) is 0 Å². The minimum atomic E-state index is -0.812. The minimum absolute atomic E-state index is 0.115. The first-order valence-corrected chi connectivity index (χ1v) is 18.7. The lowest BCUT2D eigenvalue weighted by Crippen LogP contribution is -2.02. The molecule has 0 saturated carbocycles. The summed E-state index contributed by atoms with van der Waals surface area (Å²) in [5.41, 5.74) is 5.51. The number of carboxylic acids is 1. The number of benzene rings is 3. The number of aryl methyl sites for hydroxylation is 3. The molecule has 0 bridgehead atoms. The molecule has 0 atom stereocenters. The summed E-state index contributed by atoms with van der Waals surface area (Å²) in [5, 5.41) is 18.5. The number of aromatic hydroxyl groups is 1. The number of rotatable bonds is 13. The van der Waals surface area contributed by atoms with Crippen LogP contribution in [0.1, 0.15) is 119 Å². The summed E-state index contributed by atoms with van der Waals surface area (Å²) in [7, 11) is 0. The smallest absolute Gasteiger partial charge is 0.303 e. The van der Waals surface area contributed by atoms with Gasteiger partial charge in [-0.1, -0.05) is 15.9 Å². The zero-order chi connectivity index (χ0) is 38.0. The topological polar surface area (TPSA) is 161 Å². The maximum atomic E-state index is 11.4. The largest absolute Gasteiger partial charge is 0.508 e. The van der Waals surface area contributed by atoms with Crippen molar-refractivity contribution in [1.82, 2.24) is 0 Å². The van der Waals surface area contributed by atoms with E-state index in [1.807, 2.05) is 24.3 Å². The summed E-state index contributed by atoms with van der Waals surface area (Å²) in [6.45, 7) is 4.13. The fraction of sp³-hybridized carbons (Fsp3) is 0.415. The van der Waals surface area contributed by atoms with Crippen LogP contribution in [-0.4, -0.2) is 63.6 Å². The van der Waals surface area contributed by atoms with Crippen LogP contribution in [0.25, 0.3) is 0 Å². The van der Waals surface area contributed by atoms with E-state index >= 15 is 0 Å². The first kappa shape index (κ1) is 41.8. The zero-order valence-electron chi connectivity index (χ0n) is 29.8. The van der Waals surface area contributed by atoms with Crippen LogP contribution in [-0.2, 0) is 33.6 Å². The molecule has 6 rings (SSSR count). The summed E-state index contributed by atoms with van der Waals surface area (Å²) in [5.74, 6) is 2.02. The number of fused-ring (bicyclic) bond motifs is 3. The van der Waals surface area contributed by atoms with Gasteiger partial charge < -0.3 is 29.3 Å². The number of alkyl halides is 1. The van der Waals surface area contributed by atoms with Crippen LogP contribution in [0.15, 0.2) is 54.6 Å². The molecule has 0 amide bonds. The summed E-state index contributed by atoms with van der Waals surface area (Å²) in [6.07, 6.45) is 7.76. The van der Waals surface area contributed by atoms with Gasteiger partial charge in [-0.05, 0) is 124 Å². The Bertz CT molecular complexity index is 1660. The van der Waals surface area contributed by atoms with E-state index in [0.29, 0.717) is 57.5 Å². The van der Waals surface area contributed by atoms with Crippen molar-refractivity contribution in [3.05, 3.63) is 88.0 Å². The van der Waals surface area contributed by atoms with Crippen LogP contribution in [0, 0.1) is 0 Å². The highest BCUT2D eigenvalue weighted by molar-refractivity contribution is 9.09. The molecule has 0 heterocycles. The fourth-order valence-corrected chi connectivity index (χ4v) is 6.01. The van der Waals surface area contributed by atoms with Crippen molar-refractivity contribution in [2.45, 2.75) is 90.9 Å². The van der Waals surface area contributed by atoms with E-state index in [-0.39, 0.29) is 41.1 Å². The second-order valence-electron chi connectivity index (χ2n) is 12.7. The Kier molecular flexibility index (Phi) is 17.4. The van der Waals surface area contributed by atoms with Crippen LogP contribution in [0.4, 0.5) is 0 Å². The Morgan fingerprint density at radius 1 is 0.596 bits per heavy atom. The van der Waals surface area contributed by atoms with Crippen LogP contribution < -0.4 is 9.47 Å². The number of carboxylic acid groups (broad SMARTS) is 1. The van der Waals surface area contributed by atoms with Gasteiger partial charge in [0, 0.05) is 60.5 Å². The number of carbonyl (C=O) groups excluding carboxylic acids is 5. The SMILES string of the molecule is CC(=O)CCCBr.CC(=O)CCCOc1ccc2c(c1)CCC2=O.O=C(O)CCCOc1ccc2c(c1)CCC2=O.O=C1CCc2cc(O)ccc21. The molecule has 10 nitrogen and oxygen atoms in total. The molecule has 0 aromatic heterocycles. The van der Waals surface area contributed by atoms with Gasteiger partial charge in [-0.25, -0.2) is 0 Å². The number of ether oxygens (including phenoxy) is 2. The van der Waals surface area contributed by atoms with Gasteiger partial charge in [-0.15, -0.1) is 0 Å². The van der Waals surface area contributed by atoms with Crippen LogP contribution in [0.2, 0.25) is 0 Å². The standard InChI is InChI=1S/C14H16O3.C13H14O4.C9H8O2.C5H9BrO/c1-10(15)3-2-8-17-12-5-6-13-11(9-12)4-7-14(13)16;14-12-6-3-9-8-10(4-5-11(9)12)17-7-1-2-13(15)16;10-7-2-3-8-6(5-7)1-4-9(8)11;1-5(7)3-2-4-6/h5-6,9H,2-4,7-8H2,1H3;4-5,8H,1-3,6-7H2,(H,15,16);2-3,5,10H,1,4H2;2-4H2,1H3. The molecule has 3 aromatic carbocycles. The Morgan fingerprint density at radius 2 is 1.00 bits per heavy atom. The van der Waals surface area contributed by atoms with Gasteiger partial charge in [0.2, 0.25) is 0 Å². The van der Waals surface area contributed by atoms with Gasteiger partial charge in [0.15, 0.2) is 17.3 Å². The molecule has 52 heavy (non-hydrogen) atoms. The van der Waals surface area contributed by atoms with E-state index in [4.69, 9.17) is 19.7 Å². The molecule has 0 unspecified atom stereocenters. The molecule has 278 valence electrons. The molecule has 0 spiro atoms. The lowest BCUT2D eigenvalue weighted by Gasteiger charge is -2.07. The lowest BCUT2D eigenvalue weighted by molar-refractivity contribution is -0.137. The third-order valence-corrected chi connectivity index (χ3v) is 8.98. The normalized spacial score (nSPS) is 13.2. The molecular formula is C41H47BrO10. The number of halogens is 1. The van der Waals surface area contributed by atoms with Gasteiger partial charge in [0.1, 0.15) is 28.8 Å². The Morgan fingerprint density at radius 3 is 1.40 bits per heavy atom. The van der Waals surface area contributed by atoms with Crippen molar-refractivity contribution in [2.24, 2.45) is 0 Å².